The molecule has 150 valence electrons. The summed E-state index contributed by atoms with van der Waals surface area (Å²) >= 11 is 1.48. The molecule has 7 heteroatoms. The number of carbonyl (C=O) groups is 1. The molecule has 1 saturated carbocycles. The Morgan fingerprint density at radius 3 is 2.43 bits per heavy atom. The van der Waals surface area contributed by atoms with Gasteiger partial charge in [0, 0.05) is 24.3 Å². The molecule has 3 rings (SSSR count). The Hall–Kier alpha value is -2.12. The molecular formula is C21H22F2O4S. The lowest BCUT2D eigenvalue weighted by atomic mass is 9.88. The third kappa shape index (κ3) is 4.15. The van der Waals surface area contributed by atoms with Crippen LogP contribution in [0.2, 0.25) is 0 Å². The van der Waals surface area contributed by atoms with Gasteiger partial charge in [-0.2, -0.15) is 0 Å². The minimum absolute atomic E-state index is 0.0603. The van der Waals surface area contributed by atoms with Crippen LogP contribution in [-0.2, 0) is 20.9 Å². The van der Waals surface area contributed by atoms with Crippen LogP contribution in [0.25, 0.3) is 0 Å². The molecule has 28 heavy (non-hydrogen) atoms. The first-order valence-electron chi connectivity index (χ1n) is 8.88. The third-order valence-electron chi connectivity index (χ3n) is 4.99. The highest BCUT2D eigenvalue weighted by Gasteiger charge is 2.61. The van der Waals surface area contributed by atoms with Gasteiger partial charge in [-0.15, -0.1) is 11.8 Å². The molecule has 0 unspecified atom stereocenters. The van der Waals surface area contributed by atoms with Crippen molar-refractivity contribution in [3.8, 4) is 5.75 Å². The first-order valence-corrected chi connectivity index (χ1v) is 9.86. The molecule has 1 N–H and O–H groups in total. The molecular weight excluding hydrogens is 386 g/mol. The highest BCUT2D eigenvalue weighted by molar-refractivity contribution is 8.00. The predicted octanol–water partition coefficient (Wildman–Crippen LogP) is 4.19. The van der Waals surface area contributed by atoms with Crippen LogP contribution in [0, 0.1) is 11.6 Å². The molecule has 0 aliphatic heterocycles. The van der Waals surface area contributed by atoms with Crippen molar-refractivity contribution < 1.29 is 28.2 Å². The van der Waals surface area contributed by atoms with Gasteiger partial charge in [-0.25, -0.2) is 8.78 Å². The first-order chi connectivity index (χ1) is 13.3. The highest BCUT2D eigenvalue weighted by atomic mass is 32.2. The van der Waals surface area contributed by atoms with Crippen LogP contribution in [-0.4, -0.2) is 29.5 Å². The zero-order valence-corrected chi connectivity index (χ0v) is 16.5. The van der Waals surface area contributed by atoms with E-state index in [-0.39, 0.29) is 12.2 Å². The monoisotopic (exact) mass is 408 g/mol. The first kappa shape index (κ1) is 20.6. The maximum atomic E-state index is 14.5. The average molecular weight is 408 g/mol. The number of ether oxygens (including phenoxy) is 2. The lowest BCUT2D eigenvalue weighted by Gasteiger charge is -2.36. The molecule has 0 heterocycles. The number of rotatable bonds is 8. The zero-order chi connectivity index (χ0) is 20.4. The van der Waals surface area contributed by atoms with Gasteiger partial charge in [-0.1, -0.05) is 18.2 Å². The van der Waals surface area contributed by atoms with Gasteiger partial charge >= 0.3 is 5.97 Å². The van der Waals surface area contributed by atoms with E-state index in [4.69, 9.17) is 9.47 Å². The number of halogens is 2. The molecule has 1 atom stereocenters. The van der Waals surface area contributed by atoms with Crippen LogP contribution in [0.4, 0.5) is 8.78 Å². The summed E-state index contributed by atoms with van der Waals surface area (Å²) in [6, 6.07) is 10.6. The van der Waals surface area contributed by atoms with E-state index in [1.54, 1.807) is 7.11 Å². The van der Waals surface area contributed by atoms with Gasteiger partial charge in [0.05, 0.1) is 11.9 Å². The Kier molecular flexibility index (Phi) is 5.95. The number of esters is 1. The van der Waals surface area contributed by atoms with Crippen molar-refractivity contribution in [2.24, 2.45) is 0 Å². The fraction of sp³-hybridized carbons (Fsp3) is 0.381. The second-order valence-corrected chi connectivity index (χ2v) is 8.25. The molecule has 1 fully saturated rings. The average Bonchev–Trinajstić information content (AvgIpc) is 3.46. The number of carbonyl (C=O) groups excluding carboxylic acids is 1. The number of benzene rings is 2. The highest BCUT2D eigenvalue weighted by Crippen LogP contribution is 2.60. The lowest BCUT2D eigenvalue weighted by Crippen LogP contribution is -2.45. The summed E-state index contributed by atoms with van der Waals surface area (Å²) in [6.07, 6.45) is 1.25. The van der Waals surface area contributed by atoms with Crippen molar-refractivity contribution in [3.05, 3.63) is 65.2 Å². The van der Waals surface area contributed by atoms with E-state index in [0.29, 0.717) is 18.6 Å². The molecule has 2 aromatic rings. The Morgan fingerprint density at radius 1 is 1.21 bits per heavy atom. The quantitative estimate of drug-likeness (QED) is 0.664. The van der Waals surface area contributed by atoms with Crippen LogP contribution in [0.5, 0.6) is 5.75 Å². The molecule has 2 aromatic carbocycles. The number of hydrogen-bond acceptors (Lipinski definition) is 5. The fourth-order valence-electron chi connectivity index (χ4n) is 3.22. The van der Waals surface area contributed by atoms with Crippen molar-refractivity contribution in [2.75, 3.05) is 13.7 Å². The van der Waals surface area contributed by atoms with Gasteiger partial charge in [0.2, 0.25) is 0 Å². The van der Waals surface area contributed by atoms with Gasteiger partial charge in [0.1, 0.15) is 29.6 Å². The van der Waals surface area contributed by atoms with Gasteiger partial charge in [-0.05, 0) is 36.6 Å². The number of aliphatic hydroxyl groups is 1. The summed E-state index contributed by atoms with van der Waals surface area (Å²) in [4.78, 5) is 11.3. The standard InChI is InChI=1S/C21H22F2O4S/c1-14(24)27-13-21(25,18-8-5-16(22)11-19(18)23)20(9-10-20)28-12-15-3-6-17(26-2)7-4-15/h3-8,11,25H,9-10,12-13H2,1-2H3/t21-/m1/s1. The second-order valence-electron chi connectivity index (χ2n) is 6.90. The number of hydrogen-bond donors (Lipinski definition) is 1. The number of methoxy groups -OCH3 is 1. The van der Waals surface area contributed by atoms with E-state index in [1.165, 1.54) is 24.8 Å². The Morgan fingerprint density at radius 2 is 1.89 bits per heavy atom. The maximum absolute atomic E-state index is 14.5. The zero-order valence-electron chi connectivity index (χ0n) is 15.7. The van der Waals surface area contributed by atoms with E-state index in [9.17, 15) is 18.7 Å². The number of thioether (sulfide) groups is 1. The molecule has 0 spiro atoms. The van der Waals surface area contributed by atoms with Crippen LogP contribution in [0.15, 0.2) is 42.5 Å². The molecule has 4 nitrogen and oxygen atoms in total. The fourth-order valence-corrected chi connectivity index (χ4v) is 4.65. The Bertz CT molecular complexity index is 852. The molecule has 1 aliphatic rings. The molecule has 1 aliphatic carbocycles. The summed E-state index contributed by atoms with van der Waals surface area (Å²) in [5, 5.41) is 11.5. The summed E-state index contributed by atoms with van der Waals surface area (Å²) in [5.74, 6) is -0.834. The summed E-state index contributed by atoms with van der Waals surface area (Å²) in [5.41, 5.74) is -0.797. The van der Waals surface area contributed by atoms with Gasteiger partial charge in [0.25, 0.3) is 0 Å². The minimum Gasteiger partial charge on any atom is -0.497 e. The second kappa shape index (κ2) is 8.09. The normalized spacial score (nSPS) is 16.9. The van der Waals surface area contributed by atoms with E-state index in [1.807, 2.05) is 24.3 Å². The van der Waals surface area contributed by atoms with E-state index in [0.717, 1.165) is 23.4 Å². The van der Waals surface area contributed by atoms with Gasteiger partial charge in [-0.3, -0.25) is 4.79 Å². The van der Waals surface area contributed by atoms with Crippen LogP contribution >= 0.6 is 11.8 Å². The van der Waals surface area contributed by atoms with E-state index >= 15 is 0 Å². The topological polar surface area (TPSA) is 55.8 Å². The Labute approximate surface area is 166 Å². The van der Waals surface area contributed by atoms with Gasteiger partial charge < -0.3 is 14.6 Å². The molecule has 0 amide bonds. The van der Waals surface area contributed by atoms with Gasteiger partial charge in [0.15, 0.2) is 0 Å². The van der Waals surface area contributed by atoms with Crippen LogP contribution < -0.4 is 4.74 Å². The van der Waals surface area contributed by atoms with Crippen molar-refractivity contribution in [2.45, 2.75) is 35.9 Å². The van der Waals surface area contributed by atoms with Crippen molar-refractivity contribution >= 4 is 17.7 Å². The van der Waals surface area contributed by atoms with Crippen molar-refractivity contribution in [1.29, 1.82) is 0 Å². The summed E-state index contributed by atoms with van der Waals surface area (Å²) < 4.78 is 37.4. The van der Waals surface area contributed by atoms with Crippen molar-refractivity contribution in [3.63, 3.8) is 0 Å². The van der Waals surface area contributed by atoms with E-state index in [2.05, 4.69) is 0 Å². The van der Waals surface area contributed by atoms with E-state index < -0.39 is 28.0 Å². The Balaban J connectivity index is 1.86. The molecule has 0 aromatic heterocycles. The summed E-state index contributed by atoms with van der Waals surface area (Å²) in [7, 11) is 1.59. The lowest BCUT2D eigenvalue weighted by molar-refractivity contribution is -0.150. The summed E-state index contributed by atoms with van der Waals surface area (Å²) in [6.45, 7) is 0.839. The van der Waals surface area contributed by atoms with Crippen molar-refractivity contribution in [1.82, 2.24) is 0 Å². The minimum atomic E-state index is -1.76. The smallest absolute Gasteiger partial charge is 0.302 e. The molecule has 0 bridgehead atoms. The molecule has 0 radical (unpaired) electrons. The third-order valence-corrected chi connectivity index (χ3v) is 6.77. The maximum Gasteiger partial charge on any atom is 0.302 e. The largest absolute Gasteiger partial charge is 0.497 e. The predicted molar refractivity (Wildman–Crippen MR) is 103 cm³/mol. The SMILES string of the molecule is COc1ccc(CSC2([C@@](O)(COC(C)=O)c3ccc(F)cc3F)CC2)cc1. The molecule has 0 saturated heterocycles. The van der Waals surface area contributed by atoms with Crippen LogP contribution in [0.3, 0.4) is 0 Å². The van der Waals surface area contributed by atoms with Crippen LogP contribution in [0.1, 0.15) is 30.9 Å².